The topological polar surface area (TPSA) is 47.3 Å². The van der Waals surface area contributed by atoms with Crippen LogP contribution in [0.25, 0.3) is 0 Å². The summed E-state index contributed by atoms with van der Waals surface area (Å²) < 4.78 is 5.22. The second-order valence-electron chi connectivity index (χ2n) is 4.53. The Kier molecular flexibility index (Phi) is 2.95. The van der Waals surface area contributed by atoms with Crippen LogP contribution in [0.2, 0.25) is 0 Å². The Morgan fingerprint density at radius 3 is 2.69 bits per heavy atom. The van der Waals surface area contributed by atoms with Crippen molar-refractivity contribution in [3.63, 3.8) is 0 Å². The van der Waals surface area contributed by atoms with Gasteiger partial charge in [0, 0.05) is 5.54 Å². The van der Waals surface area contributed by atoms with E-state index in [0.717, 1.165) is 17.9 Å². The highest BCUT2D eigenvalue weighted by molar-refractivity contribution is 5.73. The van der Waals surface area contributed by atoms with Crippen LogP contribution in [0.3, 0.4) is 0 Å². The summed E-state index contributed by atoms with van der Waals surface area (Å²) in [5.41, 5.74) is 8.02. The Balaban J connectivity index is 2.21. The number of benzene rings is 1. The number of hydrogen-bond acceptors (Lipinski definition) is 3. The normalized spacial score (nSPS) is 17.6. The molecule has 0 radical (unpaired) electrons. The maximum Gasteiger partial charge on any atom is 0.143 e. The van der Waals surface area contributed by atoms with E-state index in [1.165, 1.54) is 19.3 Å². The van der Waals surface area contributed by atoms with E-state index in [-0.39, 0.29) is 5.54 Å². The van der Waals surface area contributed by atoms with Crippen LogP contribution in [0.4, 0.5) is 11.4 Å². The van der Waals surface area contributed by atoms with Gasteiger partial charge in [-0.05, 0) is 37.8 Å². The molecule has 0 aromatic heterocycles. The second kappa shape index (κ2) is 4.24. The molecule has 1 aliphatic rings. The van der Waals surface area contributed by atoms with Crippen LogP contribution in [-0.4, -0.2) is 12.6 Å². The minimum atomic E-state index is 0.264. The molecule has 3 N–H and O–H groups in total. The fourth-order valence-corrected chi connectivity index (χ4v) is 2.29. The molecular formula is C13H20N2O. The van der Waals surface area contributed by atoms with Gasteiger partial charge in [-0.15, -0.1) is 0 Å². The summed E-state index contributed by atoms with van der Waals surface area (Å²) >= 11 is 0. The molecule has 1 saturated carbocycles. The zero-order chi connectivity index (χ0) is 11.6. The lowest BCUT2D eigenvalue weighted by Gasteiger charge is -2.43. The molecule has 0 unspecified atom stereocenters. The van der Waals surface area contributed by atoms with Gasteiger partial charge in [0.1, 0.15) is 5.75 Å². The van der Waals surface area contributed by atoms with E-state index >= 15 is 0 Å². The van der Waals surface area contributed by atoms with E-state index in [1.807, 2.05) is 18.2 Å². The quantitative estimate of drug-likeness (QED) is 0.767. The highest BCUT2D eigenvalue weighted by Gasteiger charge is 2.35. The predicted molar refractivity (Wildman–Crippen MR) is 67.9 cm³/mol. The summed E-state index contributed by atoms with van der Waals surface area (Å²) in [6.07, 6.45) is 4.93. The summed E-state index contributed by atoms with van der Waals surface area (Å²) in [5.74, 6) is 0.746. The molecule has 1 aromatic rings. The SMILES string of the molecule is CCC1(Nc2cccc(OC)c2N)CCC1. The van der Waals surface area contributed by atoms with Gasteiger partial charge < -0.3 is 15.8 Å². The average Bonchev–Trinajstić information content (AvgIpc) is 2.25. The van der Waals surface area contributed by atoms with E-state index in [4.69, 9.17) is 10.5 Å². The highest BCUT2D eigenvalue weighted by Crippen LogP contribution is 2.40. The van der Waals surface area contributed by atoms with Crippen LogP contribution in [0.1, 0.15) is 32.6 Å². The molecule has 2 rings (SSSR count). The molecule has 3 heteroatoms. The first-order valence-electron chi connectivity index (χ1n) is 5.91. The molecule has 0 heterocycles. The molecule has 0 saturated heterocycles. The first-order valence-corrected chi connectivity index (χ1v) is 5.91. The lowest BCUT2D eigenvalue weighted by Crippen LogP contribution is -2.44. The van der Waals surface area contributed by atoms with Gasteiger partial charge in [0.15, 0.2) is 0 Å². The van der Waals surface area contributed by atoms with Crippen LogP contribution < -0.4 is 15.8 Å². The number of anilines is 2. The zero-order valence-corrected chi connectivity index (χ0v) is 10.0. The van der Waals surface area contributed by atoms with Crippen LogP contribution >= 0.6 is 0 Å². The molecular weight excluding hydrogens is 200 g/mol. The maximum absolute atomic E-state index is 6.05. The fraction of sp³-hybridized carbons (Fsp3) is 0.538. The largest absolute Gasteiger partial charge is 0.495 e. The number of rotatable bonds is 4. The Hall–Kier alpha value is -1.38. The number of ether oxygens (including phenoxy) is 1. The molecule has 0 amide bonds. The van der Waals surface area contributed by atoms with E-state index in [0.29, 0.717) is 5.69 Å². The molecule has 1 fully saturated rings. The standard InChI is InChI=1S/C13H20N2O/c1-3-13(8-5-9-13)15-10-6-4-7-11(16-2)12(10)14/h4,6-7,15H,3,5,8-9,14H2,1-2H3. The first-order chi connectivity index (χ1) is 7.71. The van der Waals surface area contributed by atoms with E-state index in [1.54, 1.807) is 7.11 Å². The van der Waals surface area contributed by atoms with Crippen LogP contribution in [-0.2, 0) is 0 Å². The molecule has 1 aromatic carbocycles. The fourth-order valence-electron chi connectivity index (χ4n) is 2.29. The summed E-state index contributed by atoms with van der Waals surface area (Å²) in [6, 6.07) is 5.88. The summed E-state index contributed by atoms with van der Waals surface area (Å²) in [4.78, 5) is 0. The molecule has 0 bridgehead atoms. The average molecular weight is 220 g/mol. The van der Waals surface area contributed by atoms with E-state index in [2.05, 4.69) is 12.2 Å². The highest BCUT2D eigenvalue weighted by atomic mass is 16.5. The summed E-state index contributed by atoms with van der Waals surface area (Å²) in [7, 11) is 1.65. The Bertz CT molecular complexity index is 367. The molecule has 3 nitrogen and oxygen atoms in total. The van der Waals surface area contributed by atoms with Crippen molar-refractivity contribution in [3.05, 3.63) is 18.2 Å². The molecule has 0 spiro atoms. The van der Waals surface area contributed by atoms with Gasteiger partial charge in [-0.1, -0.05) is 13.0 Å². The van der Waals surface area contributed by atoms with Crippen molar-refractivity contribution in [2.75, 3.05) is 18.2 Å². The Morgan fingerprint density at radius 1 is 1.44 bits per heavy atom. The van der Waals surface area contributed by atoms with Crippen molar-refractivity contribution in [1.82, 2.24) is 0 Å². The van der Waals surface area contributed by atoms with E-state index in [9.17, 15) is 0 Å². The van der Waals surface area contributed by atoms with Crippen molar-refractivity contribution >= 4 is 11.4 Å². The number of nitrogens with two attached hydrogens (primary N) is 1. The molecule has 0 aliphatic heterocycles. The van der Waals surface area contributed by atoms with Gasteiger partial charge in [-0.25, -0.2) is 0 Å². The smallest absolute Gasteiger partial charge is 0.143 e. The summed E-state index contributed by atoms with van der Waals surface area (Å²) in [5, 5.41) is 3.58. The number of para-hydroxylation sites is 1. The number of nitrogens with one attached hydrogen (secondary N) is 1. The van der Waals surface area contributed by atoms with Crippen molar-refractivity contribution in [2.45, 2.75) is 38.1 Å². The van der Waals surface area contributed by atoms with Crippen molar-refractivity contribution in [3.8, 4) is 5.75 Å². The lowest BCUT2D eigenvalue weighted by atomic mass is 9.74. The predicted octanol–water partition coefficient (Wildman–Crippen LogP) is 3.02. The monoisotopic (exact) mass is 220 g/mol. The number of hydrogen-bond donors (Lipinski definition) is 2. The second-order valence-corrected chi connectivity index (χ2v) is 4.53. The third-order valence-corrected chi connectivity index (χ3v) is 3.67. The third kappa shape index (κ3) is 1.82. The van der Waals surface area contributed by atoms with Crippen LogP contribution in [0.5, 0.6) is 5.75 Å². The third-order valence-electron chi connectivity index (χ3n) is 3.67. The van der Waals surface area contributed by atoms with Gasteiger partial charge in [-0.2, -0.15) is 0 Å². The van der Waals surface area contributed by atoms with Gasteiger partial charge in [0.05, 0.1) is 18.5 Å². The zero-order valence-electron chi connectivity index (χ0n) is 10.0. The molecule has 88 valence electrons. The van der Waals surface area contributed by atoms with Gasteiger partial charge in [0.2, 0.25) is 0 Å². The number of nitrogen functional groups attached to an aromatic ring is 1. The molecule has 0 atom stereocenters. The van der Waals surface area contributed by atoms with E-state index < -0.39 is 0 Å². The number of methoxy groups -OCH3 is 1. The Morgan fingerprint density at radius 2 is 2.19 bits per heavy atom. The lowest BCUT2D eigenvalue weighted by molar-refractivity contribution is 0.269. The molecule has 1 aliphatic carbocycles. The minimum Gasteiger partial charge on any atom is -0.495 e. The molecule has 16 heavy (non-hydrogen) atoms. The van der Waals surface area contributed by atoms with Gasteiger partial charge >= 0.3 is 0 Å². The first kappa shape index (κ1) is 11.1. The summed E-state index contributed by atoms with van der Waals surface area (Å²) in [6.45, 7) is 2.22. The van der Waals surface area contributed by atoms with Crippen LogP contribution in [0, 0.1) is 0 Å². The van der Waals surface area contributed by atoms with Crippen molar-refractivity contribution in [1.29, 1.82) is 0 Å². The maximum atomic E-state index is 6.05. The van der Waals surface area contributed by atoms with Crippen molar-refractivity contribution < 1.29 is 4.74 Å². The van der Waals surface area contributed by atoms with Gasteiger partial charge in [-0.3, -0.25) is 0 Å². The minimum absolute atomic E-state index is 0.264. The van der Waals surface area contributed by atoms with Crippen LogP contribution in [0.15, 0.2) is 18.2 Å². The van der Waals surface area contributed by atoms with Gasteiger partial charge in [0.25, 0.3) is 0 Å². The van der Waals surface area contributed by atoms with Crippen molar-refractivity contribution in [2.24, 2.45) is 0 Å². The Labute approximate surface area is 97.0 Å².